The number of nitrogens with one attached hydrogen (secondary N) is 2. The number of carbonyl (C=O) groups excluding carboxylic acids is 1. The summed E-state index contributed by atoms with van der Waals surface area (Å²) in [6, 6.07) is 14.6. The molecule has 3 aromatic rings. The van der Waals surface area contributed by atoms with E-state index >= 15 is 0 Å². The van der Waals surface area contributed by atoms with Crippen LogP contribution >= 0.6 is 11.6 Å². The fourth-order valence-corrected chi connectivity index (χ4v) is 2.35. The highest BCUT2D eigenvalue weighted by atomic mass is 35.5. The molecule has 0 atom stereocenters. The van der Waals surface area contributed by atoms with E-state index in [4.69, 9.17) is 11.6 Å². The topological polar surface area (TPSA) is 79.8 Å². The first-order valence-corrected chi connectivity index (χ1v) is 8.08. The number of carbonyl (C=O) groups is 1. The quantitative estimate of drug-likeness (QED) is 0.712. The monoisotopic (exact) mass is 353 g/mol. The summed E-state index contributed by atoms with van der Waals surface area (Å²) in [5.41, 5.74) is 1.99. The zero-order chi connectivity index (χ0) is 17.5. The molecule has 0 radical (unpaired) electrons. The van der Waals surface area contributed by atoms with Gasteiger partial charge in [0.05, 0.1) is 12.2 Å². The van der Waals surface area contributed by atoms with Crippen molar-refractivity contribution in [3.8, 4) is 0 Å². The predicted octanol–water partition coefficient (Wildman–Crippen LogP) is 3.07. The average molecular weight is 354 g/mol. The number of halogens is 1. The molecule has 0 aliphatic carbocycles. The van der Waals surface area contributed by atoms with Crippen molar-refractivity contribution in [1.82, 2.24) is 20.3 Å². The van der Waals surface area contributed by atoms with Crippen molar-refractivity contribution in [3.05, 3.63) is 82.9 Å². The molecular weight excluding hydrogens is 338 g/mol. The molecule has 0 unspecified atom stereocenters. The molecule has 0 saturated carbocycles. The molecule has 0 saturated heterocycles. The van der Waals surface area contributed by atoms with Gasteiger partial charge in [-0.05, 0) is 29.8 Å². The van der Waals surface area contributed by atoms with Gasteiger partial charge in [-0.2, -0.15) is 0 Å². The Balaban J connectivity index is 1.61. The lowest BCUT2D eigenvalue weighted by Gasteiger charge is -2.08. The van der Waals surface area contributed by atoms with Crippen LogP contribution in [0.3, 0.4) is 0 Å². The summed E-state index contributed by atoms with van der Waals surface area (Å²) >= 11 is 6.12. The molecular formula is C18H16ClN5O. The van der Waals surface area contributed by atoms with E-state index in [0.29, 0.717) is 24.1 Å². The Labute approximate surface area is 150 Å². The number of nitrogens with zero attached hydrogens (tertiary/aromatic N) is 3. The molecule has 0 bridgehead atoms. The Morgan fingerprint density at radius 1 is 0.960 bits per heavy atom. The molecule has 126 valence electrons. The highest BCUT2D eigenvalue weighted by Crippen LogP contribution is 2.15. The Morgan fingerprint density at radius 3 is 2.60 bits per heavy atom. The minimum atomic E-state index is -0.283. The Kier molecular flexibility index (Phi) is 5.53. The van der Waals surface area contributed by atoms with Gasteiger partial charge >= 0.3 is 0 Å². The Hall–Kier alpha value is -2.99. The Morgan fingerprint density at radius 2 is 1.80 bits per heavy atom. The maximum atomic E-state index is 12.2. The second-order valence-corrected chi connectivity index (χ2v) is 5.62. The molecule has 2 aromatic heterocycles. The van der Waals surface area contributed by atoms with Gasteiger partial charge < -0.3 is 10.6 Å². The zero-order valence-electron chi connectivity index (χ0n) is 13.3. The van der Waals surface area contributed by atoms with E-state index in [-0.39, 0.29) is 11.6 Å². The van der Waals surface area contributed by atoms with Crippen LogP contribution in [0.15, 0.2) is 60.9 Å². The van der Waals surface area contributed by atoms with Crippen molar-refractivity contribution >= 4 is 23.5 Å². The molecule has 1 aromatic carbocycles. The molecule has 2 heterocycles. The second kappa shape index (κ2) is 8.21. The molecule has 7 heteroatoms. The normalized spacial score (nSPS) is 10.3. The average Bonchev–Trinajstić information content (AvgIpc) is 2.66. The highest BCUT2D eigenvalue weighted by molar-refractivity contribution is 6.31. The van der Waals surface area contributed by atoms with Crippen LogP contribution in [0.25, 0.3) is 0 Å². The van der Waals surface area contributed by atoms with E-state index in [0.717, 1.165) is 11.3 Å². The lowest BCUT2D eigenvalue weighted by Crippen LogP contribution is -2.24. The lowest BCUT2D eigenvalue weighted by molar-refractivity contribution is 0.0945. The van der Waals surface area contributed by atoms with Gasteiger partial charge in [0, 0.05) is 24.0 Å². The van der Waals surface area contributed by atoms with Crippen molar-refractivity contribution in [1.29, 1.82) is 0 Å². The number of aromatic nitrogens is 3. The van der Waals surface area contributed by atoms with E-state index in [2.05, 4.69) is 25.6 Å². The van der Waals surface area contributed by atoms with E-state index < -0.39 is 0 Å². The summed E-state index contributed by atoms with van der Waals surface area (Å²) < 4.78 is 0. The van der Waals surface area contributed by atoms with Crippen molar-refractivity contribution in [2.24, 2.45) is 0 Å². The minimum Gasteiger partial charge on any atom is -0.350 e. The van der Waals surface area contributed by atoms with E-state index in [1.807, 2.05) is 42.5 Å². The van der Waals surface area contributed by atoms with E-state index in [1.165, 1.54) is 6.20 Å². The largest absolute Gasteiger partial charge is 0.350 e. The minimum absolute atomic E-state index is 0.283. The summed E-state index contributed by atoms with van der Waals surface area (Å²) in [6.45, 7) is 0.810. The van der Waals surface area contributed by atoms with Crippen molar-refractivity contribution in [3.63, 3.8) is 0 Å². The first kappa shape index (κ1) is 16.9. The predicted molar refractivity (Wildman–Crippen MR) is 96.2 cm³/mol. The van der Waals surface area contributed by atoms with Crippen molar-refractivity contribution < 1.29 is 4.79 Å². The third kappa shape index (κ3) is 4.74. The molecule has 0 aliphatic rings. The van der Waals surface area contributed by atoms with Crippen LogP contribution in [0.2, 0.25) is 5.02 Å². The van der Waals surface area contributed by atoms with Crippen LogP contribution in [0.4, 0.5) is 5.95 Å². The molecule has 25 heavy (non-hydrogen) atoms. The summed E-state index contributed by atoms with van der Waals surface area (Å²) in [5, 5.41) is 6.52. The highest BCUT2D eigenvalue weighted by Gasteiger charge is 2.09. The maximum absolute atomic E-state index is 12.2. The maximum Gasteiger partial charge on any atom is 0.270 e. The molecule has 0 spiro atoms. The van der Waals surface area contributed by atoms with Gasteiger partial charge in [0.1, 0.15) is 5.69 Å². The van der Waals surface area contributed by atoms with Gasteiger partial charge in [0.2, 0.25) is 5.95 Å². The molecule has 0 fully saturated rings. The fourth-order valence-electron chi connectivity index (χ4n) is 2.15. The first-order chi connectivity index (χ1) is 12.2. The summed E-state index contributed by atoms with van der Waals surface area (Å²) in [6.07, 6.45) is 3.22. The van der Waals surface area contributed by atoms with Crippen LogP contribution in [0, 0.1) is 0 Å². The van der Waals surface area contributed by atoms with Crippen LogP contribution in [0.1, 0.15) is 21.7 Å². The van der Waals surface area contributed by atoms with Crippen LogP contribution in [0.5, 0.6) is 0 Å². The van der Waals surface area contributed by atoms with Gasteiger partial charge in [-0.1, -0.05) is 35.9 Å². The lowest BCUT2D eigenvalue weighted by atomic mass is 10.2. The SMILES string of the molecule is O=C(NCc1ccccn1)c1ccnc(NCc2ccccc2Cl)n1. The number of hydrogen-bond acceptors (Lipinski definition) is 5. The fraction of sp³-hybridized carbons (Fsp3) is 0.111. The van der Waals surface area contributed by atoms with Gasteiger partial charge in [-0.25, -0.2) is 9.97 Å². The third-order valence-corrected chi connectivity index (χ3v) is 3.81. The number of anilines is 1. The molecule has 2 N–H and O–H groups in total. The number of benzene rings is 1. The van der Waals surface area contributed by atoms with E-state index in [1.54, 1.807) is 12.3 Å². The number of amides is 1. The number of pyridine rings is 1. The standard InChI is InChI=1S/C18H16ClN5O/c19-15-7-2-1-5-13(15)11-23-18-21-10-8-16(24-18)17(25)22-12-14-6-3-4-9-20-14/h1-10H,11-12H2,(H,22,25)(H,21,23,24). The van der Waals surface area contributed by atoms with Crippen molar-refractivity contribution in [2.75, 3.05) is 5.32 Å². The summed E-state index contributed by atoms with van der Waals surface area (Å²) in [5.74, 6) is 0.0826. The second-order valence-electron chi connectivity index (χ2n) is 5.21. The van der Waals surface area contributed by atoms with E-state index in [9.17, 15) is 4.79 Å². The first-order valence-electron chi connectivity index (χ1n) is 7.71. The molecule has 1 amide bonds. The van der Waals surface area contributed by atoms with Gasteiger partial charge in [-0.15, -0.1) is 0 Å². The summed E-state index contributed by atoms with van der Waals surface area (Å²) in [4.78, 5) is 24.7. The smallest absolute Gasteiger partial charge is 0.270 e. The molecule has 3 rings (SSSR count). The third-order valence-electron chi connectivity index (χ3n) is 3.44. The van der Waals surface area contributed by atoms with Gasteiger partial charge in [-0.3, -0.25) is 9.78 Å². The van der Waals surface area contributed by atoms with Gasteiger partial charge in [0.25, 0.3) is 5.91 Å². The molecule has 0 aliphatic heterocycles. The van der Waals surface area contributed by atoms with Crippen LogP contribution in [-0.4, -0.2) is 20.9 Å². The molecule has 6 nitrogen and oxygen atoms in total. The Bertz CT molecular complexity index is 857. The number of rotatable bonds is 6. The number of hydrogen-bond donors (Lipinski definition) is 2. The van der Waals surface area contributed by atoms with Crippen molar-refractivity contribution in [2.45, 2.75) is 13.1 Å². The zero-order valence-corrected chi connectivity index (χ0v) is 14.1. The van der Waals surface area contributed by atoms with Crippen LogP contribution < -0.4 is 10.6 Å². The summed E-state index contributed by atoms with van der Waals surface area (Å²) in [7, 11) is 0. The van der Waals surface area contributed by atoms with Crippen LogP contribution in [-0.2, 0) is 13.1 Å². The van der Waals surface area contributed by atoms with Gasteiger partial charge in [0.15, 0.2) is 0 Å².